The smallest absolute Gasteiger partial charge is 0.241 e. The summed E-state index contributed by atoms with van der Waals surface area (Å²) in [6.07, 6.45) is 0.741. The van der Waals surface area contributed by atoms with Crippen LogP contribution < -0.4 is 15.8 Å². The van der Waals surface area contributed by atoms with E-state index in [1.165, 1.54) is 0 Å². The number of anilines is 2. The standard InChI is InChI=1S/C19H19Cl2N5O.ClH/c1-2-27-13-6-3-11(4-7-13)17-10-16(14-8-5-12(20)9-15(14)21)23-19-24-18(22)25-26(17)19;/h3-9,16-17H,2,10H2,1H3,(H3,22,23,24,25);1H. The van der Waals surface area contributed by atoms with Gasteiger partial charge in [0.15, 0.2) is 0 Å². The molecule has 2 unspecified atom stereocenters. The van der Waals surface area contributed by atoms with Crippen LogP contribution in [0.15, 0.2) is 42.5 Å². The first-order chi connectivity index (χ1) is 13.0. The highest BCUT2D eigenvalue weighted by molar-refractivity contribution is 6.35. The second-order valence-electron chi connectivity index (χ2n) is 6.35. The normalized spacial score (nSPS) is 18.0. The molecule has 4 rings (SSSR count). The number of aromatic nitrogens is 3. The molecule has 0 amide bonds. The van der Waals surface area contributed by atoms with Crippen molar-refractivity contribution in [2.45, 2.75) is 25.4 Å². The van der Waals surface area contributed by atoms with E-state index in [0.29, 0.717) is 22.6 Å². The van der Waals surface area contributed by atoms with Gasteiger partial charge in [-0.2, -0.15) is 4.98 Å². The van der Waals surface area contributed by atoms with Crippen molar-refractivity contribution >= 4 is 47.5 Å². The highest BCUT2D eigenvalue weighted by Crippen LogP contribution is 2.40. The Morgan fingerprint density at radius 2 is 1.96 bits per heavy atom. The third-order valence-electron chi connectivity index (χ3n) is 4.62. The van der Waals surface area contributed by atoms with Crippen LogP contribution in [-0.4, -0.2) is 21.4 Å². The number of nitrogen functional groups attached to an aromatic ring is 1. The van der Waals surface area contributed by atoms with Crippen molar-refractivity contribution in [3.8, 4) is 5.75 Å². The Hall–Kier alpha value is -2.15. The second kappa shape index (κ2) is 8.47. The van der Waals surface area contributed by atoms with Crippen LogP contribution in [0.3, 0.4) is 0 Å². The van der Waals surface area contributed by atoms with Crippen LogP contribution in [0.2, 0.25) is 10.0 Å². The molecular weight excluding hydrogens is 421 g/mol. The van der Waals surface area contributed by atoms with E-state index < -0.39 is 0 Å². The van der Waals surface area contributed by atoms with Gasteiger partial charge in [0.05, 0.1) is 18.7 Å². The summed E-state index contributed by atoms with van der Waals surface area (Å²) >= 11 is 12.5. The number of benzene rings is 2. The molecule has 3 N–H and O–H groups in total. The summed E-state index contributed by atoms with van der Waals surface area (Å²) in [5.41, 5.74) is 7.91. The molecule has 2 atom stereocenters. The number of fused-ring (bicyclic) bond motifs is 1. The fourth-order valence-corrected chi connectivity index (χ4v) is 3.95. The Balaban J connectivity index is 0.00000225. The first-order valence-corrected chi connectivity index (χ1v) is 9.47. The van der Waals surface area contributed by atoms with Crippen molar-refractivity contribution < 1.29 is 4.74 Å². The van der Waals surface area contributed by atoms with Gasteiger partial charge in [0.25, 0.3) is 0 Å². The number of nitrogens with two attached hydrogens (primary N) is 1. The zero-order valence-electron chi connectivity index (χ0n) is 15.1. The summed E-state index contributed by atoms with van der Waals surface area (Å²) in [6, 6.07) is 13.5. The Morgan fingerprint density at radius 1 is 1.21 bits per heavy atom. The maximum absolute atomic E-state index is 6.44. The van der Waals surface area contributed by atoms with Gasteiger partial charge in [0, 0.05) is 10.0 Å². The van der Waals surface area contributed by atoms with Crippen LogP contribution in [0, 0.1) is 0 Å². The first-order valence-electron chi connectivity index (χ1n) is 8.71. The predicted octanol–water partition coefficient (Wildman–Crippen LogP) is 5.13. The molecular formula is C19H20Cl3N5O. The molecule has 0 radical (unpaired) electrons. The molecule has 0 fully saturated rings. The quantitative estimate of drug-likeness (QED) is 0.588. The molecule has 0 bridgehead atoms. The van der Waals surface area contributed by atoms with Crippen molar-refractivity contribution in [2.24, 2.45) is 0 Å². The summed E-state index contributed by atoms with van der Waals surface area (Å²) in [7, 11) is 0. The predicted molar refractivity (Wildman–Crippen MR) is 115 cm³/mol. The molecule has 9 heteroatoms. The van der Waals surface area contributed by atoms with E-state index in [2.05, 4.69) is 15.4 Å². The number of halogens is 3. The SMILES string of the molecule is CCOc1ccc(C2CC(c3ccc(Cl)cc3Cl)Nc3nc(N)nn32)cc1.Cl. The summed E-state index contributed by atoms with van der Waals surface area (Å²) in [4.78, 5) is 4.32. The average Bonchev–Trinajstić information content (AvgIpc) is 3.02. The van der Waals surface area contributed by atoms with Gasteiger partial charge in [-0.1, -0.05) is 41.4 Å². The molecule has 6 nitrogen and oxygen atoms in total. The van der Waals surface area contributed by atoms with E-state index >= 15 is 0 Å². The van der Waals surface area contributed by atoms with Gasteiger partial charge in [0.1, 0.15) is 5.75 Å². The van der Waals surface area contributed by atoms with E-state index in [-0.39, 0.29) is 30.4 Å². The molecule has 0 saturated carbocycles. The first kappa shape index (κ1) is 20.6. The number of nitrogens with one attached hydrogen (secondary N) is 1. The average molecular weight is 441 g/mol. The maximum atomic E-state index is 6.44. The third kappa shape index (κ3) is 3.99. The summed E-state index contributed by atoms with van der Waals surface area (Å²) in [5.74, 6) is 1.69. The van der Waals surface area contributed by atoms with Crippen LogP contribution in [0.4, 0.5) is 11.9 Å². The Kier molecular flexibility index (Phi) is 6.23. The molecule has 2 heterocycles. The molecule has 1 aromatic heterocycles. The van der Waals surface area contributed by atoms with Crippen molar-refractivity contribution in [3.05, 3.63) is 63.6 Å². The van der Waals surface area contributed by atoms with E-state index in [9.17, 15) is 0 Å². The number of hydrogen-bond acceptors (Lipinski definition) is 5. The lowest BCUT2D eigenvalue weighted by Gasteiger charge is -2.32. The van der Waals surface area contributed by atoms with E-state index in [0.717, 1.165) is 23.3 Å². The largest absolute Gasteiger partial charge is 0.494 e. The Bertz CT molecular complexity index is 961. The third-order valence-corrected chi connectivity index (χ3v) is 5.18. The summed E-state index contributed by atoms with van der Waals surface area (Å²) < 4.78 is 7.37. The molecule has 28 heavy (non-hydrogen) atoms. The lowest BCUT2D eigenvalue weighted by Crippen LogP contribution is -2.28. The van der Waals surface area contributed by atoms with Gasteiger partial charge in [-0.05, 0) is 48.7 Å². The molecule has 0 aliphatic carbocycles. The molecule has 0 spiro atoms. The van der Waals surface area contributed by atoms with Gasteiger partial charge < -0.3 is 15.8 Å². The summed E-state index contributed by atoms with van der Waals surface area (Å²) in [6.45, 7) is 2.60. The van der Waals surface area contributed by atoms with Crippen LogP contribution >= 0.6 is 35.6 Å². The maximum Gasteiger partial charge on any atom is 0.241 e. The van der Waals surface area contributed by atoms with Crippen molar-refractivity contribution in [2.75, 3.05) is 17.7 Å². The van der Waals surface area contributed by atoms with Gasteiger partial charge in [-0.15, -0.1) is 17.5 Å². The van der Waals surface area contributed by atoms with Crippen LogP contribution in [0.5, 0.6) is 5.75 Å². The van der Waals surface area contributed by atoms with Crippen molar-refractivity contribution in [3.63, 3.8) is 0 Å². The minimum absolute atomic E-state index is 0. The molecule has 3 aromatic rings. The topological polar surface area (TPSA) is 78.0 Å². The number of ether oxygens (including phenoxy) is 1. The Morgan fingerprint density at radius 3 is 2.64 bits per heavy atom. The molecule has 148 valence electrons. The minimum atomic E-state index is -0.0394. The van der Waals surface area contributed by atoms with Crippen molar-refractivity contribution in [1.82, 2.24) is 14.8 Å². The highest BCUT2D eigenvalue weighted by Gasteiger charge is 2.31. The Labute approximate surface area is 179 Å². The van der Waals surface area contributed by atoms with E-state index in [1.54, 1.807) is 6.07 Å². The number of nitrogens with zero attached hydrogens (tertiary/aromatic N) is 3. The fraction of sp³-hybridized carbons (Fsp3) is 0.263. The van der Waals surface area contributed by atoms with Crippen LogP contribution in [0.25, 0.3) is 0 Å². The van der Waals surface area contributed by atoms with E-state index in [1.807, 2.05) is 48.0 Å². The highest BCUT2D eigenvalue weighted by atomic mass is 35.5. The molecule has 2 aromatic carbocycles. The fourth-order valence-electron chi connectivity index (χ4n) is 3.41. The summed E-state index contributed by atoms with van der Waals surface area (Å²) in [5, 5.41) is 8.97. The number of rotatable bonds is 4. The lowest BCUT2D eigenvalue weighted by molar-refractivity contribution is 0.340. The molecule has 0 saturated heterocycles. The van der Waals surface area contributed by atoms with Crippen LogP contribution in [0.1, 0.15) is 36.6 Å². The zero-order valence-corrected chi connectivity index (χ0v) is 17.4. The van der Waals surface area contributed by atoms with Crippen LogP contribution in [-0.2, 0) is 0 Å². The van der Waals surface area contributed by atoms with Crippen molar-refractivity contribution in [1.29, 1.82) is 0 Å². The van der Waals surface area contributed by atoms with Gasteiger partial charge in [0.2, 0.25) is 11.9 Å². The minimum Gasteiger partial charge on any atom is -0.494 e. The van der Waals surface area contributed by atoms with Gasteiger partial charge in [-0.25, -0.2) is 4.68 Å². The molecule has 1 aliphatic rings. The number of hydrogen-bond donors (Lipinski definition) is 2. The lowest BCUT2D eigenvalue weighted by atomic mass is 9.93. The monoisotopic (exact) mass is 439 g/mol. The van der Waals surface area contributed by atoms with E-state index in [4.69, 9.17) is 33.7 Å². The zero-order chi connectivity index (χ0) is 19.0. The van der Waals surface area contributed by atoms with Gasteiger partial charge in [-0.3, -0.25) is 0 Å². The van der Waals surface area contributed by atoms with Gasteiger partial charge >= 0.3 is 0 Å². The second-order valence-corrected chi connectivity index (χ2v) is 7.20. The molecule has 1 aliphatic heterocycles.